The lowest BCUT2D eigenvalue weighted by Gasteiger charge is -2.16. The van der Waals surface area contributed by atoms with Crippen LogP contribution in [0.5, 0.6) is 6.01 Å². The summed E-state index contributed by atoms with van der Waals surface area (Å²) in [5.41, 5.74) is 8.18. The molecule has 0 aromatic carbocycles. The molecule has 94 valence electrons. The molecule has 1 fully saturated rings. The Morgan fingerprint density at radius 3 is 3.28 bits per heavy atom. The number of nitrogens with zero attached hydrogens (tertiary/aromatic N) is 5. The molecule has 0 saturated carbocycles. The molecule has 1 aromatic heterocycles. The second kappa shape index (κ2) is 4.41. The third-order valence-electron chi connectivity index (χ3n) is 2.97. The molecule has 2 aliphatic rings. The smallest absolute Gasteiger partial charge is 0.301 e. The largest absolute Gasteiger partial charge is 0.462 e. The molecule has 1 aromatic rings. The number of hydrogen-bond donors (Lipinski definition) is 0. The van der Waals surface area contributed by atoms with Gasteiger partial charge in [0.1, 0.15) is 18.9 Å². The van der Waals surface area contributed by atoms with E-state index in [1.54, 1.807) is 10.8 Å². The van der Waals surface area contributed by atoms with E-state index in [0.29, 0.717) is 9.99 Å². The molecule has 3 heterocycles. The number of ether oxygens (including phenoxy) is 2. The van der Waals surface area contributed by atoms with Crippen LogP contribution < -0.4 is 10.3 Å². The minimum absolute atomic E-state index is 0.229. The lowest BCUT2D eigenvalue weighted by Crippen LogP contribution is -2.27. The van der Waals surface area contributed by atoms with Crippen LogP contribution in [0.3, 0.4) is 0 Å². The second-order valence-corrected chi connectivity index (χ2v) is 5.19. The van der Waals surface area contributed by atoms with Crippen LogP contribution in [0.2, 0.25) is 0 Å². The van der Waals surface area contributed by atoms with E-state index in [1.165, 1.54) is 0 Å². The van der Waals surface area contributed by atoms with Gasteiger partial charge in [0.15, 0.2) is 0 Å². The third-order valence-corrected chi connectivity index (χ3v) is 3.71. The first-order valence-electron chi connectivity index (χ1n) is 5.30. The Kier molecular flexibility index (Phi) is 2.88. The fourth-order valence-corrected chi connectivity index (χ4v) is 2.54. The summed E-state index contributed by atoms with van der Waals surface area (Å²) in [5, 5.41) is 3.70. The van der Waals surface area contributed by atoms with Gasteiger partial charge >= 0.3 is 6.01 Å². The Morgan fingerprint density at radius 1 is 1.67 bits per heavy atom. The van der Waals surface area contributed by atoms with Gasteiger partial charge < -0.3 is 9.47 Å². The molecule has 0 aliphatic carbocycles. The van der Waals surface area contributed by atoms with Crippen molar-refractivity contribution in [1.82, 2.24) is 9.55 Å². The summed E-state index contributed by atoms with van der Waals surface area (Å²) < 4.78 is 13.3. The third kappa shape index (κ3) is 1.84. The second-order valence-electron chi connectivity index (χ2n) is 4.03. The molecule has 0 N–H and O–H groups in total. The first kappa shape index (κ1) is 11.8. The van der Waals surface area contributed by atoms with Gasteiger partial charge in [-0.3, -0.25) is 9.36 Å². The zero-order chi connectivity index (χ0) is 12.7. The molecule has 3 atom stereocenters. The minimum Gasteiger partial charge on any atom is -0.462 e. The van der Waals surface area contributed by atoms with Gasteiger partial charge in [-0.15, -0.1) is 0 Å². The molecule has 18 heavy (non-hydrogen) atoms. The standard InChI is InChI=1S/C9H8IN5O3/c10-4-2-15-7-1-5(13-14-11)6(18-7)3-17-9(15)12-8(4)16/h2,5-7H,1,3H2. The maximum Gasteiger partial charge on any atom is 0.301 e. The van der Waals surface area contributed by atoms with Gasteiger partial charge in [-0.2, -0.15) is 4.98 Å². The topological polar surface area (TPSA) is 102 Å². The van der Waals surface area contributed by atoms with Crippen molar-refractivity contribution < 1.29 is 9.47 Å². The average molecular weight is 361 g/mol. The van der Waals surface area contributed by atoms with Crippen molar-refractivity contribution in [2.24, 2.45) is 5.11 Å². The van der Waals surface area contributed by atoms with Gasteiger partial charge in [-0.05, 0) is 28.1 Å². The lowest BCUT2D eigenvalue weighted by atomic mass is 10.1. The zero-order valence-electron chi connectivity index (χ0n) is 9.06. The normalized spacial score (nSPS) is 28.8. The summed E-state index contributed by atoms with van der Waals surface area (Å²) in [4.78, 5) is 18.1. The quantitative estimate of drug-likeness (QED) is 0.325. The van der Waals surface area contributed by atoms with Crippen molar-refractivity contribution in [3.63, 3.8) is 0 Å². The Hall–Kier alpha value is -1.32. The summed E-state index contributed by atoms with van der Waals surface area (Å²) in [6, 6.07) is 0.0116. The Balaban J connectivity index is 2.03. The molecule has 0 spiro atoms. The van der Waals surface area contributed by atoms with E-state index in [1.807, 2.05) is 22.6 Å². The summed E-state index contributed by atoms with van der Waals surface area (Å²) in [6.07, 6.45) is 1.62. The number of halogens is 1. The van der Waals surface area contributed by atoms with Crippen LogP contribution >= 0.6 is 22.6 Å². The van der Waals surface area contributed by atoms with Crippen LogP contribution in [0, 0.1) is 3.57 Å². The Morgan fingerprint density at radius 2 is 2.50 bits per heavy atom. The van der Waals surface area contributed by atoms with Crippen molar-refractivity contribution in [1.29, 1.82) is 0 Å². The molecular formula is C9H8IN5O3. The molecular weight excluding hydrogens is 353 g/mol. The maximum absolute atomic E-state index is 11.5. The van der Waals surface area contributed by atoms with Gasteiger partial charge in [0.2, 0.25) is 0 Å². The van der Waals surface area contributed by atoms with Gasteiger partial charge in [0, 0.05) is 17.5 Å². The zero-order valence-corrected chi connectivity index (χ0v) is 11.2. The highest BCUT2D eigenvalue weighted by atomic mass is 127. The molecule has 9 heteroatoms. The highest BCUT2D eigenvalue weighted by Crippen LogP contribution is 2.35. The number of hydrogen-bond acceptors (Lipinski definition) is 5. The van der Waals surface area contributed by atoms with E-state index >= 15 is 0 Å². The monoisotopic (exact) mass is 361 g/mol. The fourth-order valence-electron chi connectivity index (χ4n) is 2.12. The summed E-state index contributed by atoms with van der Waals surface area (Å²) in [5.74, 6) is 0. The number of fused-ring (bicyclic) bond motifs is 4. The molecule has 0 radical (unpaired) electrons. The molecule has 3 unspecified atom stereocenters. The average Bonchev–Trinajstić information content (AvgIpc) is 2.65. The Labute approximate surface area is 115 Å². The first-order chi connectivity index (χ1) is 8.69. The lowest BCUT2D eigenvalue weighted by molar-refractivity contribution is 0.00185. The van der Waals surface area contributed by atoms with Gasteiger partial charge in [0.05, 0.1) is 9.61 Å². The van der Waals surface area contributed by atoms with E-state index in [0.717, 1.165) is 0 Å². The van der Waals surface area contributed by atoms with Crippen LogP contribution in [-0.4, -0.2) is 28.3 Å². The van der Waals surface area contributed by atoms with Crippen LogP contribution in [0.15, 0.2) is 16.1 Å². The molecule has 1 saturated heterocycles. The fraction of sp³-hybridized carbons (Fsp3) is 0.556. The van der Waals surface area contributed by atoms with Crippen molar-refractivity contribution in [2.45, 2.75) is 24.8 Å². The van der Waals surface area contributed by atoms with Crippen LogP contribution in [0.25, 0.3) is 10.4 Å². The summed E-state index contributed by atoms with van der Waals surface area (Å²) in [7, 11) is 0. The summed E-state index contributed by atoms with van der Waals surface area (Å²) >= 11 is 1.92. The number of azide groups is 1. The van der Waals surface area contributed by atoms with Crippen LogP contribution in [-0.2, 0) is 4.74 Å². The van der Waals surface area contributed by atoms with E-state index in [4.69, 9.17) is 15.0 Å². The van der Waals surface area contributed by atoms with E-state index in [-0.39, 0.29) is 36.6 Å². The van der Waals surface area contributed by atoms with Crippen molar-refractivity contribution in [2.75, 3.05) is 6.61 Å². The highest BCUT2D eigenvalue weighted by molar-refractivity contribution is 14.1. The van der Waals surface area contributed by atoms with E-state index in [9.17, 15) is 4.79 Å². The molecule has 8 nitrogen and oxygen atoms in total. The van der Waals surface area contributed by atoms with Crippen molar-refractivity contribution >= 4 is 22.6 Å². The molecule has 2 bridgehead atoms. The van der Waals surface area contributed by atoms with Crippen molar-refractivity contribution in [3.05, 3.63) is 30.6 Å². The van der Waals surface area contributed by atoms with Crippen LogP contribution in [0.4, 0.5) is 0 Å². The van der Waals surface area contributed by atoms with Crippen molar-refractivity contribution in [3.8, 4) is 6.01 Å². The van der Waals surface area contributed by atoms with Gasteiger partial charge in [0.25, 0.3) is 5.56 Å². The SMILES string of the molecule is [N-]=[N+]=NC1CC2OC1COc1nc(=O)c(I)cn12. The minimum atomic E-state index is -0.314. The maximum atomic E-state index is 11.5. The first-order valence-corrected chi connectivity index (χ1v) is 6.38. The molecule has 0 amide bonds. The number of aromatic nitrogens is 2. The van der Waals surface area contributed by atoms with Crippen LogP contribution in [0.1, 0.15) is 12.6 Å². The van der Waals surface area contributed by atoms with E-state index in [2.05, 4.69) is 15.0 Å². The highest BCUT2D eigenvalue weighted by Gasteiger charge is 2.39. The predicted octanol–water partition coefficient (Wildman–Crippen LogP) is 1.21. The van der Waals surface area contributed by atoms with Gasteiger partial charge in [-0.1, -0.05) is 5.11 Å². The Bertz CT molecular complexity index is 596. The van der Waals surface area contributed by atoms with Gasteiger partial charge in [-0.25, -0.2) is 0 Å². The number of rotatable bonds is 1. The van der Waals surface area contributed by atoms with E-state index < -0.39 is 0 Å². The molecule has 2 aliphatic heterocycles. The predicted molar refractivity (Wildman–Crippen MR) is 68.2 cm³/mol. The molecule has 3 rings (SSSR count). The summed E-state index contributed by atoms with van der Waals surface area (Å²) in [6.45, 7) is 0.229.